The van der Waals surface area contributed by atoms with Crippen molar-refractivity contribution in [3.05, 3.63) is 12.2 Å². The maximum absolute atomic E-state index is 10.8. The van der Waals surface area contributed by atoms with Crippen LogP contribution in [-0.2, 0) is 14.3 Å². The zero-order valence-corrected chi connectivity index (χ0v) is 11.6. The van der Waals surface area contributed by atoms with Crippen LogP contribution in [0.4, 0.5) is 0 Å². The normalized spacial score (nSPS) is 44.2. The van der Waals surface area contributed by atoms with Gasteiger partial charge in [0.15, 0.2) is 0 Å². The number of carbonyl (C=O) groups excluding carboxylic acids is 1. The number of fused-ring (bicyclic) bond motifs is 1. The van der Waals surface area contributed by atoms with Gasteiger partial charge in [-0.2, -0.15) is 0 Å². The maximum atomic E-state index is 10.8. The molecule has 0 spiro atoms. The molecule has 1 saturated heterocycles. The minimum atomic E-state index is -0.288. The lowest BCUT2D eigenvalue weighted by atomic mass is 10.1. The van der Waals surface area contributed by atoms with E-state index in [4.69, 9.17) is 9.47 Å². The fraction of sp³-hybridized carbons (Fsp3) is 0.769. The second-order valence-electron chi connectivity index (χ2n) is 4.66. The van der Waals surface area contributed by atoms with Gasteiger partial charge in [-0.05, 0) is 19.3 Å². The van der Waals surface area contributed by atoms with Gasteiger partial charge >= 0.3 is 0 Å². The highest BCUT2D eigenvalue weighted by Gasteiger charge is 2.37. The summed E-state index contributed by atoms with van der Waals surface area (Å²) in [7, 11) is 0. The van der Waals surface area contributed by atoms with Crippen LogP contribution in [0.5, 0.6) is 0 Å². The summed E-state index contributed by atoms with van der Waals surface area (Å²) < 4.78 is 11.8. The van der Waals surface area contributed by atoms with E-state index in [0.717, 1.165) is 25.5 Å². The Kier molecular flexibility index (Phi) is 4.77. The maximum Gasteiger partial charge on any atom is 0.148 e. The Morgan fingerprint density at radius 2 is 2.06 bits per heavy atom. The average Bonchev–Trinajstić information content (AvgIpc) is 2.74. The summed E-state index contributed by atoms with van der Waals surface area (Å²) in [5, 5.41) is 0. The van der Waals surface area contributed by atoms with Crippen LogP contribution in [0.2, 0.25) is 0 Å². The van der Waals surface area contributed by atoms with Gasteiger partial charge in [-0.25, -0.2) is 0 Å². The molecule has 0 saturated carbocycles. The van der Waals surface area contributed by atoms with Gasteiger partial charge in [0.1, 0.15) is 12.4 Å². The quantitative estimate of drug-likeness (QED) is 0.447. The number of aldehydes is 1. The number of hydrogen-bond acceptors (Lipinski definition) is 3. The number of alkyl halides is 1. The number of hydrogen-bond donors (Lipinski definition) is 0. The Morgan fingerprint density at radius 1 is 1.29 bits per heavy atom. The van der Waals surface area contributed by atoms with Crippen LogP contribution in [0, 0.1) is 0 Å². The largest absolute Gasteiger partial charge is 0.371 e. The first-order valence-electron chi connectivity index (χ1n) is 6.29. The molecular weight excluding hydrogens is 284 g/mol. The molecule has 1 fully saturated rings. The fourth-order valence-corrected chi connectivity index (χ4v) is 3.17. The van der Waals surface area contributed by atoms with E-state index >= 15 is 0 Å². The molecule has 0 N–H and O–H groups in total. The predicted molar refractivity (Wildman–Crippen MR) is 69.4 cm³/mol. The second-order valence-corrected chi connectivity index (χ2v) is 5.84. The lowest BCUT2D eigenvalue weighted by Gasteiger charge is -2.26. The van der Waals surface area contributed by atoms with E-state index < -0.39 is 0 Å². The first-order chi connectivity index (χ1) is 8.24. The Bertz CT molecular complexity index is 292. The molecule has 0 aromatic carbocycles. The van der Waals surface area contributed by atoms with Crippen LogP contribution in [0.25, 0.3) is 0 Å². The smallest absolute Gasteiger partial charge is 0.148 e. The van der Waals surface area contributed by atoms with E-state index in [1.165, 1.54) is 0 Å². The number of allylic oxidation sites excluding steroid dienone is 1. The molecule has 2 heterocycles. The van der Waals surface area contributed by atoms with Crippen LogP contribution in [0.3, 0.4) is 0 Å². The van der Waals surface area contributed by atoms with Crippen LogP contribution in [0.1, 0.15) is 32.6 Å². The van der Waals surface area contributed by atoms with Crippen molar-refractivity contribution in [3.63, 3.8) is 0 Å². The van der Waals surface area contributed by atoms with Crippen molar-refractivity contribution in [1.82, 2.24) is 0 Å². The van der Waals surface area contributed by atoms with Gasteiger partial charge in [-0.1, -0.05) is 35.0 Å². The molecule has 2 aliphatic heterocycles. The van der Waals surface area contributed by atoms with E-state index in [9.17, 15) is 4.79 Å². The van der Waals surface area contributed by atoms with E-state index in [2.05, 4.69) is 35.0 Å². The van der Waals surface area contributed by atoms with E-state index in [-0.39, 0.29) is 24.4 Å². The predicted octanol–water partition coefficient (Wildman–Crippen LogP) is 2.62. The van der Waals surface area contributed by atoms with Crippen LogP contribution >= 0.6 is 15.9 Å². The van der Waals surface area contributed by atoms with Gasteiger partial charge < -0.3 is 14.3 Å². The highest BCUT2D eigenvalue weighted by Crippen LogP contribution is 2.30. The molecule has 96 valence electrons. The van der Waals surface area contributed by atoms with Crippen molar-refractivity contribution >= 4 is 22.2 Å². The number of rotatable bonds is 2. The summed E-state index contributed by atoms with van der Waals surface area (Å²) >= 11 is 3.68. The molecule has 0 radical (unpaired) electrons. The van der Waals surface area contributed by atoms with E-state index in [1.807, 2.05) is 0 Å². The molecule has 0 aliphatic carbocycles. The van der Waals surface area contributed by atoms with Gasteiger partial charge in [0.25, 0.3) is 0 Å². The monoisotopic (exact) mass is 302 g/mol. The average molecular weight is 303 g/mol. The van der Waals surface area contributed by atoms with E-state index in [1.54, 1.807) is 0 Å². The first-order valence-corrected chi connectivity index (χ1v) is 7.21. The molecule has 17 heavy (non-hydrogen) atoms. The Hall–Kier alpha value is -0.190. The molecule has 0 unspecified atom stereocenters. The van der Waals surface area contributed by atoms with Crippen molar-refractivity contribution in [2.75, 3.05) is 0 Å². The SMILES string of the molecule is CC[C@@H]1O[C@H]2C[C@H](C=O)O[C@H]2C/C=C\C[C@H]1Br. The van der Waals surface area contributed by atoms with Crippen molar-refractivity contribution in [1.29, 1.82) is 0 Å². The van der Waals surface area contributed by atoms with Crippen LogP contribution in [0.15, 0.2) is 12.2 Å². The standard InChI is InChI=1S/C13H19BrO3/c1-2-11-10(14)5-3-4-6-12-13(17-11)7-9(8-15)16-12/h3-4,8-13H,2,5-7H2,1H3/b4-3-/t9-,10-,11+,12+,13+/m1/s1. The van der Waals surface area contributed by atoms with Gasteiger partial charge in [-0.3, -0.25) is 0 Å². The third kappa shape index (κ3) is 3.18. The van der Waals surface area contributed by atoms with Crippen LogP contribution < -0.4 is 0 Å². The van der Waals surface area contributed by atoms with Crippen LogP contribution in [-0.4, -0.2) is 35.5 Å². The topological polar surface area (TPSA) is 35.5 Å². The molecule has 2 rings (SSSR count). The minimum absolute atomic E-state index is 0.0355. The van der Waals surface area contributed by atoms with E-state index in [0.29, 0.717) is 11.2 Å². The highest BCUT2D eigenvalue weighted by molar-refractivity contribution is 9.09. The third-order valence-electron chi connectivity index (χ3n) is 3.43. The lowest BCUT2D eigenvalue weighted by Crippen LogP contribution is -2.32. The lowest BCUT2D eigenvalue weighted by molar-refractivity contribution is -0.117. The highest BCUT2D eigenvalue weighted by atomic mass is 79.9. The molecule has 0 bridgehead atoms. The summed E-state index contributed by atoms with van der Waals surface area (Å²) in [4.78, 5) is 11.1. The Labute approximate surface area is 111 Å². The molecule has 5 atom stereocenters. The number of ether oxygens (including phenoxy) is 2. The molecule has 3 nitrogen and oxygen atoms in total. The number of halogens is 1. The summed E-state index contributed by atoms with van der Waals surface area (Å²) in [6, 6.07) is 0. The summed E-state index contributed by atoms with van der Waals surface area (Å²) in [5.74, 6) is 0. The summed E-state index contributed by atoms with van der Waals surface area (Å²) in [6.07, 6.45) is 8.68. The zero-order chi connectivity index (χ0) is 12.3. The van der Waals surface area contributed by atoms with Gasteiger partial charge in [0.05, 0.1) is 18.3 Å². The molecule has 0 aromatic heterocycles. The Balaban J connectivity index is 2.08. The van der Waals surface area contributed by atoms with Crippen molar-refractivity contribution < 1.29 is 14.3 Å². The zero-order valence-electron chi connectivity index (χ0n) is 10.0. The third-order valence-corrected chi connectivity index (χ3v) is 4.40. The van der Waals surface area contributed by atoms with Crippen molar-refractivity contribution in [2.45, 2.75) is 61.9 Å². The summed E-state index contributed by atoms with van der Waals surface area (Å²) in [6.45, 7) is 2.13. The molecule has 0 aromatic rings. The van der Waals surface area contributed by atoms with Crippen molar-refractivity contribution in [3.8, 4) is 0 Å². The summed E-state index contributed by atoms with van der Waals surface area (Å²) in [5.41, 5.74) is 0. The molecule has 2 aliphatic rings. The molecular formula is C13H19BrO3. The Morgan fingerprint density at radius 3 is 2.76 bits per heavy atom. The molecule has 0 amide bonds. The van der Waals surface area contributed by atoms with Gasteiger partial charge in [0, 0.05) is 11.2 Å². The van der Waals surface area contributed by atoms with Crippen molar-refractivity contribution in [2.24, 2.45) is 0 Å². The van der Waals surface area contributed by atoms with Gasteiger partial charge in [-0.15, -0.1) is 0 Å². The second kappa shape index (κ2) is 6.12. The number of carbonyl (C=O) groups is 1. The first kappa shape index (κ1) is 13.2. The van der Waals surface area contributed by atoms with Gasteiger partial charge in [0.2, 0.25) is 0 Å². The fourth-order valence-electron chi connectivity index (χ4n) is 2.46. The molecule has 4 heteroatoms. The minimum Gasteiger partial charge on any atom is -0.371 e.